The van der Waals surface area contributed by atoms with Gasteiger partial charge in [-0.05, 0) is 24.3 Å². The minimum Gasteiger partial charge on any atom is -0.418 e. The van der Waals surface area contributed by atoms with E-state index in [2.05, 4.69) is 21.2 Å². The molecule has 0 unspecified atom stereocenters. The number of H-pyrrole nitrogens is 1. The average molecular weight is 212 g/mol. The highest BCUT2D eigenvalue weighted by molar-refractivity contribution is 9.06. The van der Waals surface area contributed by atoms with Crippen LogP contribution >= 0.6 is 16.3 Å². The summed E-state index contributed by atoms with van der Waals surface area (Å²) >= 11 is 2.92. The molecule has 0 aliphatic rings. The molecule has 0 spiro atoms. The number of hydrogen-bond donors (Lipinski definition) is 1. The second kappa shape index (κ2) is 2.58. The first-order chi connectivity index (χ1) is 5.40. The van der Waals surface area contributed by atoms with Gasteiger partial charge in [0, 0.05) is 17.1 Å². The molecule has 3 heteroatoms. The number of fused-ring (bicyclic) bond motifs is 1. The third kappa shape index (κ3) is 1.12. The first-order valence-electron chi connectivity index (χ1n) is 3.26. The van der Waals surface area contributed by atoms with Gasteiger partial charge in [0.25, 0.3) is 0 Å². The lowest BCUT2D eigenvalue weighted by molar-refractivity contribution is 0.680. The van der Waals surface area contributed by atoms with E-state index in [1.807, 2.05) is 30.5 Å². The average Bonchev–Trinajstić information content (AvgIpc) is 2.50. The van der Waals surface area contributed by atoms with E-state index < -0.39 is 0 Å². The zero-order chi connectivity index (χ0) is 7.68. The van der Waals surface area contributed by atoms with Gasteiger partial charge in [-0.15, -0.1) is 0 Å². The van der Waals surface area contributed by atoms with Gasteiger partial charge < -0.3 is 8.81 Å². The highest BCUT2D eigenvalue weighted by atomic mass is 79.9. The van der Waals surface area contributed by atoms with Crippen LogP contribution in [0.3, 0.4) is 0 Å². The van der Waals surface area contributed by atoms with Crippen molar-refractivity contribution in [3.8, 4) is 5.75 Å². The Morgan fingerprint density at radius 2 is 2.18 bits per heavy atom. The fraction of sp³-hybridized carbons (Fsp3) is 0. The third-order valence-electron chi connectivity index (χ3n) is 1.61. The molecule has 0 fully saturated rings. The Morgan fingerprint density at radius 1 is 1.27 bits per heavy atom. The number of aromatic nitrogens is 1. The summed E-state index contributed by atoms with van der Waals surface area (Å²) < 4.78 is 4.89. The quantitative estimate of drug-likeness (QED) is 0.772. The number of benzene rings is 1. The molecule has 1 heterocycles. The maximum absolute atomic E-state index is 4.89. The molecule has 56 valence electrons. The van der Waals surface area contributed by atoms with Crippen molar-refractivity contribution in [1.82, 2.24) is 4.98 Å². The topological polar surface area (TPSA) is 25.0 Å². The van der Waals surface area contributed by atoms with Crippen LogP contribution in [0.1, 0.15) is 0 Å². The zero-order valence-electron chi connectivity index (χ0n) is 5.67. The molecule has 0 aliphatic heterocycles. The molecule has 1 N–H and O–H groups in total. The molecule has 0 saturated heterocycles. The molecule has 11 heavy (non-hydrogen) atoms. The molecular weight excluding hydrogens is 206 g/mol. The third-order valence-corrected chi connectivity index (χ3v) is 1.99. The van der Waals surface area contributed by atoms with Gasteiger partial charge in [-0.1, -0.05) is 0 Å². The van der Waals surface area contributed by atoms with Crippen molar-refractivity contribution >= 4 is 27.2 Å². The summed E-state index contributed by atoms with van der Waals surface area (Å²) in [5.74, 6) is 0.817. The van der Waals surface area contributed by atoms with E-state index in [0.717, 1.165) is 16.7 Å². The molecule has 0 atom stereocenters. The van der Waals surface area contributed by atoms with Crippen molar-refractivity contribution in [1.29, 1.82) is 0 Å². The molecule has 0 saturated carbocycles. The van der Waals surface area contributed by atoms with Crippen LogP contribution in [0.25, 0.3) is 10.9 Å². The number of aromatic amines is 1. The van der Waals surface area contributed by atoms with E-state index in [-0.39, 0.29) is 0 Å². The van der Waals surface area contributed by atoms with Gasteiger partial charge in [-0.25, -0.2) is 0 Å². The predicted molar refractivity (Wildman–Crippen MR) is 47.9 cm³/mol. The van der Waals surface area contributed by atoms with Gasteiger partial charge in [0.1, 0.15) is 5.75 Å². The smallest absolute Gasteiger partial charge is 0.179 e. The molecule has 0 aliphatic carbocycles. The molecule has 2 nitrogen and oxygen atoms in total. The molecule has 1 aromatic carbocycles. The number of rotatable bonds is 1. The van der Waals surface area contributed by atoms with Crippen LogP contribution in [0, 0.1) is 0 Å². The van der Waals surface area contributed by atoms with Gasteiger partial charge in [0.05, 0.1) is 0 Å². The van der Waals surface area contributed by atoms with Crippen LogP contribution in [0.5, 0.6) is 5.75 Å². The van der Waals surface area contributed by atoms with E-state index in [1.54, 1.807) is 0 Å². The van der Waals surface area contributed by atoms with Gasteiger partial charge in [-0.3, -0.25) is 0 Å². The van der Waals surface area contributed by atoms with Crippen molar-refractivity contribution in [2.75, 3.05) is 0 Å². The second-order valence-corrected chi connectivity index (χ2v) is 2.63. The van der Waals surface area contributed by atoms with Crippen molar-refractivity contribution < 1.29 is 3.83 Å². The summed E-state index contributed by atoms with van der Waals surface area (Å²) in [5.41, 5.74) is 1.12. The lowest BCUT2D eigenvalue weighted by Gasteiger charge is -1.94. The van der Waals surface area contributed by atoms with Crippen molar-refractivity contribution in [3.63, 3.8) is 0 Å². The SMILES string of the molecule is BrOc1ccc2[nH]ccc2c1. The maximum Gasteiger partial charge on any atom is 0.179 e. The molecule has 2 aromatic rings. The number of halogens is 1. The first kappa shape index (κ1) is 6.73. The Kier molecular flexibility index (Phi) is 1.58. The monoisotopic (exact) mass is 211 g/mol. The Labute approximate surface area is 72.6 Å². The van der Waals surface area contributed by atoms with E-state index in [4.69, 9.17) is 3.83 Å². The van der Waals surface area contributed by atoms with Crippen LogP contribution in [0.15, 0.2) is 30.5 Å². The summed E-state index contributed by atoms with van der Waals surface area (Å²) in [6.45, 7) is 0. The van der Waals surface area contributed by atoms with E-state index in [9.17, 15) is 0 Å². The summed E-state index contributed by atoms with van der Waals surface area (Å²) in [4.78, 5) is 3.10. The molecule has 0 radical (unpaired) electrons. The highest BCUT2D eigenvalue weighted by Gasteiger charge is 1.95. The van der Waals surface area contributed by atoms with Crippen LogP contribution in [-0.4, -0.2) is 4.98 Å². The van der Waals surface area contributed by atoms with Crippen LogP contribution in [-0.2, 0) is 0 Å². The predicted octanol–water partition coefficient (Wildman–Crippen LogP) is 2.86. The first-order valence-corrected chi connectivity index (χ1v) is 3.90. The van der Waals surface area contributed by atoms with Crippen molar-refractivity contribution in [3.05, 3.63) is 30.5 Å². The molecule has 1 aromatic heterocycles. The Hall–Kier alpha value is -0.960. The van der Waals surface area contributed by atoms with E-state index >= 15 is 0 Å². The van der Waals surface area contributed by atoms with Gasteiger partial charge in [0.15, 0.2) is 16.3 Å². The summed E-state index contributed by atoms with van der Waals surface area (Å²) in [6, 6.07) is 7.84. The molecule has 0 amide bonds. The number of nitrogens with one attached hydrogen (secondary N) is 1. The van der Waals surface area contributed by atoms with Crippen molar-refractivity contribution in [2.24, 2.45) is 0 Å². The Bertz CT molecular complexity index is 369. The summed E-state index contributed by atoms with van der Waals surface area (Å²) in [6.07, 6.45) is 1.91. The maximum atomic E-state index is 4.89. The normalized spacial score (nSPS) is 10.3. The second-order valence-electron chi connectivity index (χ2n) is 2.30. The highest BCUT2D eigenvalue weighted by Crippen LogP contribution is 2.20. The largest absolute Gasteiger partial charge is 0.418 e. The fourth-order valence-corrected chi connectivity index (χ4v) is 1.28. The summed E-state index contributed by atoms with van der Waals surface area (Å²) in [5, 5.41) is 1.15. The molecule has 0 bridgehead atoms. The minimum absolute atomic E-state index is 0.817. The fourth-order valence-electron chi connectivity index (χ4n) is 1.08. The van der Waals surface area contributed by atoms with Crippen LogP contribution in [0.2, 0.25) is 0 Å². The summed E-state index contributed by atoms with van der Waals surface area (Å²) in [7, 11) is 0. The van der Waals surface area contributed by atoms with Crippen LogP contribution < -0.4 is 3.83 Å². The van der Waals surface area contributed by atoms with Gasteiger partial charge in [0.2, 0.25) is 0 Å². The molecule has 2 rings (SSSR count). The lowest BCUT2D eigenvalue weighted by atomic mass is 10.2. The van der Waals surface area contributed by atoms with Gasteiger partial charge in [-0.2, -0.15) is 0 Å². The Morgan fingerprint density at radius 3 is 3.00 bits per heavy atom. The van der Waals surface area contributed by atoms with Crippen molar-refractivity contribution in [2.45, 2.75) is 0 Å². The standard InChI is InChI=1S/C8H6BrNO/c9-11-7-1-2-8-6(5-7)3-4-10-8/h1-5,10H. The zero-order valence-corrected chi connectivity index (χ0v) is 7.26. The minimum atomic E-state index is 0.817. The van der Waals surface area contributed by atoms with E-state index in [0.29, 0.717) is 0 Å². The number of hydrogen-bond acceptors (Lipinski definition) is 1. The molecular formula is C8H6BrNO. The lowest BCUT2D eigenvalue weighted by Crippen LogP contribution is -1.72. The van der Waals surface area contributed by atoms with E-state index in [1.165, 1.54) is 0 Å². The van der Waals surface area contributed by atoms with Gasteiger partial charge >= 0.3 is 0 Å². The van der Waals surface area contributed by atoms with Crippen LogP contribution in [0.4, 0.5) is 0 Å². The Balaban J connectivity index is 2.67.